The lowest BCUT2D eigenvalue weighted by Gasteiger charge is -2.16. The van der Waals surface area contributed by atoms with Crippen molar-refractivity contribution in [2.75, 3.05) is 5.12 Å². The number of rotatable bonds is 3. The average molecular weight is 287 g/mol. The molecule has 0 radical (unpaired) electrons. The first kappa shape index (κ1) is 13.4. The molecule has 1 heterocycles. The minimum Gasteiger partial charge on any atom is -0.481 e. The standard InChI is InChI=1S/C16H14FNO3/c1-10(16(19)20)12-7-8-14-13(9-12)18(17)15(21-14)11-5-3-2-4-6-11/h2-10,15H,1H3,(H,19,20). The van der Waals surface area contributed by atoms with Crippen molar-refractivity contribution in [2.24, 2.45) is 0 Å². The fourth-order valence-electron chi connectivity index (χ4n) is 2.32. The van der Waals surface area contributed by atoms with Crippen molar-refractivity contribution in [3.8, 4) is 5.75 Å². The second-order valence-electron chi connectivity index (χ2n) is 4.98. The van der Waals surface area contributed by atoms with E-state index in [1.165, 1.54) is 6.07 Å². The number of anilines is 1. The zero-order valence-electron chi connectivity index (χ0n) is 11.4. The van der Waals surface area contributed by atoms with E-state index in [1.54, 1.807) is 31.2 Å². The molecule has 1 N–H and O–H groups in total. The van der Waals surface area contributed by atoms with Crippen LogP contribution in [0, 0.1) is 0 Å². The predicted octanol–water partition coefficient (Wildman–Crippen LogP) is 3.66. The third kappa shape index (κ3) is 2.31. The lowest BCUT2D eigenvalue weighted by Crippen LogP contribution is -2.18. The summed E-state index contributed by atoms with van der Waals surface area (Å²) >= 11 is 0. The minimum absolute atomic E-state index is 0.259. The summed E-state index contributed by atoms with van der Waals surface area (Å²) in [5.41, 5.74) is 1.50. The molecular formula is C16H14FNO3. The van der Waals surface area contributed by atoms with Crippen LogP contribution in [0.2, 0.25) is 0 Å². The fourth-order valence-corrected chi connectivity index (χ4v) is 2.32. The summed E-state index contributed by atoms with van der Waals surface area (Å²) in [5.74, 6) is -1.23. The summed E-state index contributed by atoms with van der Waals surface area (Å²) in [6.45, 7) is 1.57. The van der Waals surface area contributed by atoms with E-state index in [-0.39, 0.29) is 5.69 Å². The normalized spacial score (nSPS) is 18.0. The molecule has 1 aliphatic heterocycles. The Morgan fingerprint density at radius 3 is 2.67 bits per heavy atom. The van der Waals surface area contributed by atoms with Gasteiger partial charge in [0.25, 0.3) is 0 Å². The number of halogens is 1. The molecule has 0 bridgehead atoms. The molecule has 0 aliphatic carbocycles. The van der Waals surface area contributed by atoms with Gasteiger partial charge in [0.2, 0.25) is 6.23 Å². The zero-order chi connectivity index (χ0) is 15.0. The Morgan fingerprint density at radius 2 is 2.00 bits per heavy atom. The van der Waals surface area contributed by atoms with E-state index in [2.05, 4.69) is 0 Å². The Kier molecular flexibility index (Phi) is 3.25. The van der Waals surface area contributed by atoms with Gasteiger partial charge in [-0.15, -0.1) is 0 Å². The van der Waals surface area contributed by atoms with Gasteiger partial charge in [-0.2, -0.15) is 5.12 Å². The number of benzene rings is 2. The number of fused-ring (bicyclic) bond motifs is 1. The Morgan fingerprint density at radius 1 is 1.29 bits per heavy atom. The maximum Gasteiger partial charge on any atom is 0.310 e. The molecule has 2 aromatic rings. The highest BCUT2D eigenvalue weighted by Crippen LogP contribution is 2.44. The predicted molar refractivity (Wildman–Crippen MR) is 75.9 cm³/mol. The molecule has 4 nitrogen and oxygen atoms in total. The van der Waals surface area contributed by atoms with E-state index in [0.29, 0.717) is 22.0 Å². The Hall–Kier alpha value is -2.56. The molecule has 2 atom stereocenters. The zero-order valence-corrected chi connectivity index (χ0v) is 11.4. The van der Waals surface area contributed by atoms with Crippen LogP contribution < -0.4 is 9.86 Å². The first-order chi connectivity index (χ1) is 10.1. The lowest BCUT2D eigenvalue weighted by atomic mass is 10.0. The van der Waals surface area contributed by atoms with Gasteiger partial charge >= 0.3 is 5.97 Å². The monoisotopic (exact) mass is 287 g/mol. The number of carboxylic acids is 1. The minimum atomic E-state index is -0.945. The van der Waals surface area contributed by atoms with E-state index in [4.69, 9.17) is 9.84 Å². The van der Waals surface area contributed by atoms with E-state index in [9.17, 15) is 9.28 Å². The van der Waals surface area contributed by atoms with Crippen LogP contribution >= 0.6 is 0 Å². The van der Waals surface area contributed by atoms with Crippen molar-refractivity contribution in [3.63, 3.8) is 0 Å². The molecule has 3 rings (SSSR count). The average Bonchev–Trinajstić information content (AvgIpc) is 2.84. The number of aliphatic carboxylic acids is 1. The van der Waals surface area contributed by atoms with Crippen LogP contribution in [-0.2, 0) is 4.79 Å². The second-order valence-corrected chi connectivity index (χ2v) is 4.98. The summed E-state index contributed by atoms with van der Waals surface area (Å²) in [4.78, 5) is 11.0. The van der Waals surface area contributed by atoms with E-state index in [1.807, 2.05) is 18.2 Å². The highest BCUT2D eigenvalue weighted by molar-refractivity contribution is 5.77. The molecular weight excluding hydrogens is 273 g/mol. The first-order valence-corrected chi connectivity index (χ1v) is 6.61. The fraction of sp³-hybridized carbons (Fsp3) is 0.188. The number of hydrogen-bond acceptors (Lipinski definition) is 3. The van der Waals surface area contributed by atoms with Gasteiger partial charge in [-0.1, -0.05) is 40.9 Å². The van der Waals surface area contributed by atoms with Crippen LogP contribution in [0.25, 0.3) is 0 Å². The van der Waals surface area contributed by atoms with Crippen LogP contribution in [0.4, 0.5) is 10.2 Å². The Bertz CT molecular complexity index is 674. The molecule has 0 spiro atoms. The summed E-state index contributed by atoms with van der Waals surface area (Å²) in [7, 11) is 0. The molecule has 0 fully saturated rings. The van der Waals surface area contributed by atoms with Crippen molar-refractivity contribution >= 4 is 11.7 Å². The molecule has 108 valence electrons. The van der Waals surface area contributed by atoms with E-state index < -0.39 is 18.1 Å². The van der Waals surface area contributed by atoms with Crippen LogP contribution in [0.1, 0.15) is 30.2 Å². The molecule has 21 heavy (non-hydrogen) atoms. The second kappa shape index (κ2) is 5.09. The van der Waals surface area contributed by atoms with Gasteiger partial charge in [-0.3, -0.25) is 4.79 Å². The molecule has 2 unspecified atom stereocenters. The number of nitrogens with zero attached hydrogens (tertiary/aromatic N) is 1. The Balaban J connectivity index is 1.93. The van der Waals surface area contributed by atoms with Crippen molar-refractivity contribution in [2.45, 2.75) is 19.1 Å². The van der Waals surface area contributed by atoms with Gasteiger partial charge in [-0.05, 0) is 24.6 Å². The smallest absolute Gasteiger partial charge is 0.310 e. The molecule has 0 saturated carbocycles. The quantitative estimate of drug-likeness (QED) is 0.875. The number of carboxylic acid groups (broad SMARTS) is 1. The summed E-state index contributed by atoms with van der Waals surface area (Å²) < 4.78 is 20.1. The van der Waals surface area contributed by atoms with Crippen LogP contribution in [-0.4, -0.2) is 11.1 Å². The number of ether oxygens (including phenoxy) is 1. The highest BCUT2D eigenvalue weighted by atomic mass is 19.2. The van der Waals surface area contributed by atoms with Crippen molar-refractivity contribution < 1.29 is 19.1 Å². The van der Waals surface area contributed by atoms with Gasteiger partial charge in [0.1, 0.15) is 11.4 Å². The first-order valence-electron chi connectivity index (χ1n) is 6.61. The molecule has 2 aromatic carbocycles. The van der Waals surface area contributed by atoms with Crippen molar-refractivity contribution in [3.05, 3.63) is 59.7 Å². The maximum atomic E-state index is 14.5. The molecule has 0 amide bonds. The van der Waals surface area contributed by atoms with E-state index in [0.717, 1.165) is 0 Å². The number of hydrogen-bond donors (Lipinski definition) is 1. The SMILES string of the molecule is CC(C(=O)O)c1ccc2c(c1)N(F)C(c1ccccc1)O2. The largest absolute Gasteiger partial charge is 0.481 e. The highest BCUT2D eigenvalue weighted by Gasteiger charge is 2.33. The molecule has 0 aromatic heterocycles. The molecule has 1 aliphatic rings. The summed E-state index contributed by atoms with van der Waals surface area (Å²) in [6, 6.07) is 13.8. The third-order valence-corrected chi connectivity index (χ3v) is 3.61. The van der Waals surface area contributed by atoms with Gasteiger partial charge in [0.05, 0.1) is 5.92 Å². The van der Waals surface area contributed by atoms with Gasteiger partial charge < -0.3 is 9.84 Å². The molecule has 5 heteroatoms. The van der Waals surface area contributed by atoms with Gasteiger partial charge in [0.15, 0.2) is 0 Å². The number of carbonyl (C=O) groups is 1. The summed E-state index contributed by atoms with van der Waals surface area (Å²) in [5, 5.41) is 9.57. The third-order valence-electron chi connectivity index (χ3n) is 3.61. The van der Waals surface area contributed by atoms with Gasteiger partial charge in [0, 0.05) is 5.56 Å². The van der Waals surface area contributed by atoms with Gasteiger partial charge in [-0.25, -0.2) is 0 Å². The van der Waals surface area contributed by atoms with Crippen molar-refractivity contribution in [1.29, 1.82) is 0 Å². The Labute approximate surface area is 121 Å². The van der Waals surface area contributed by atoms with Crippen LogP contribution in [0.15, 0.2) is 48.5 Å². The molecule has 0 saturated heterocycles. The van der Waals surface area contributed by atoms with Crippen LogP contribution in [0.3, 0.4) is 0 Å². The lowest BCUT2D eigenvalue weighted by molar-refractivity contribution is -0.138. The maximum absolute atomic E-state index is 14.5. The summed E-state index contributed by atoms with van der Waals surface area (Å²) in [6.07, 6.45) is -0.836. The topological polar surface area (TPSA) is 49.8 Å². The van der Waals surface area contributed by atoms with Crippen LogP contribution in [0.5, 0.6) is 5.75 Å². The van der Waals surface area contributed by atoms with E-state index >= 15 is 0 Å². The van der Waals surface area contributed by atoms with Crippen molar-refractivity contribution in [1.82, 2.24) is 0 Å².